The molecule has 0 aliphatic rings. The van der Waals surface area contributed by atoms with E-state index in [0.29, 0.717) is 5.56 Å². The van der Waals surface area contributed by atoms with Crippen LogP contribution in [-0.4, -0.2) is 25.2 Å². The maximum atomic E-state index is 12.5. The second-order valence-corrected chi connectivity index (χ2v) is 7.06. The van der Waals surface area contributed by atoms with Crippen molar-refractivity contribution in [2.45, 2.75) is 39.3 Å². The standard InChI is InChI=1S/C18H23N5O/c1-12(16-21-14-8-6-7-9-15(14)22(16)5)20-17(24)13-10-19-23(11-13)18(2,3)4/h6-12H,1-5H3,(H,20,24)/t12-/m1/s1. The molecule has 0 saturated carbocycles. The smallest absolute Gasteiger partial charge is 0.255 e. The van der Waals surface area contributed by atoms with Gasteiger partial charge in [0.1, 0.15) is 5.82 Å². The summed E-state index contributed by atoms with van der Waals surface area (Å²) in [6.07, 6.45) is 3.37. The molecular weight excluding hydrogens is 302 g/mol. The van der Waals surface area contributed by atoms with Crippen LogP contribution in [0, 0.1) is 0 Å². The summed E-state index contributed by atoms with van der Waals surface area (Å²) in [5, 5.41) is 7.28. The van der Waals surface area contributed by atoms with E-state index in [2.05, 4.69) is 15.4 Å². The number of rotatable bonds is 3. The summed E-state index contributed by atoms with van der Waals surface area (Å²) in [4.78, 5) is 17.1. The van der Waals surface area contributed by atoms with E-state index in [0.717, 1.165) is 16.9 Å². The van der Waals surface area contributed by atoms with Gasteiger partial charge in [0.2, 0.25) is 0 Å². The number of hydrogen-bond donors (Lipinski definition) is 1. The zero-order chi connectivity index (χ0) is 17.5. The first-order valence-electron chi connectivity index (χ1n) is 8.05. The van der Waals surface area contributed by atoms with E-state index in [1.54, 1.807) is 17.1 Å². The van der Waals surface area contributed by atoms with Gasteiger partial charge in [0.15, 0.2) is 0 Å². The van der Waals surface area contributed by atoms with Crippen molar-refractivity contribution >= 4 is 16.9 Å². The summed E-state index contributed by atoms with van der Waals surface area (Å²) < 4.78 is 3.81. The van der Waals surface area contributed by atoms with Crippen molar-refractivity contribution in [3.63, 3.8) is 0 Å². The van der Waals surface area contributed by atoms with Crippen molar-refractivity contribution in [2.24, 2.45) is 7.05 Å². The molecular formula is C18H23N5O. The lowest BCUT2D eigenvalue weighted by molar-refractivity contribution is 0.0937. The average molecular weight is 325 g/mol. The number of amides is 1. The van der Waals surface area contributed by atoms with Gasteiger partial charge in [0.25, 0.3) is 5.91 Å². The molecule has 3 aromatic rings. The van der Waals surface area contributed by atoms with Gasteiger partial charge in [-0.3, -0.25) is 9.48 Å². The van der Waals surface area contributed by atoms with E-state index >= 15 is 0 Å². The molecule has 0 saturated heterocycles. The summed E-state index contributed by atoms with van der Waals surface area (Å²) >= 11 is 0. The van der Waals surface area contributed by atoms with E-state index in [1.807, 2.05) is 63.6 Å². The SMILES string of the molecule is C[C@@H](NC(=O)c1cnn(C(C)(C)C)c1)c1nc2ccccc2n1C. The molecule has 2 aromatic heterocycles. The quantitative estimate of drug-likeness (QED) is 0.805. The molecule has 0 unspecified atom stereocenters. The molecule has 0 radical (unpaired) electrons. The van der Waals surface area contributed by atoms with Crippen molar-refractivity contribution < 1.29 is 4.79 Å². The van der Waals surface area contributed by atoms with Crippen LogP contribution in [0.1, 0.15) is 49.9 Å². The van der Waals surface area contributed by atoms with E-state index in [-0.39, 0.29) is 17.5 Å². The summed E-state index contributed by atoms with van der Waals surface area (Å²) in [5.41, 5.74) is 2.38. The highest BCUT2D eigenvalue weighted by atomic mass is 16.1. The van der Waals surface area contributed by atoms with Crippen LogP contribution in [0.5, 0.6) is 0 Å². The first kappa shape index (κ1) is 16.2. The van der Waals surface area contributed by atoms with Gasteiger partial charge in [0, 0.05) is 13.2 Å². The number of nitrogens with one attached hydrogen (secondary N) is 1. The Kier molecular flexibility index (Phi) is 3.91. The van der Waals surface area contributed by atoms with Crippen LogP contribution < -0.4 is 5.32 Å². The Balaban J connectivity index is 1.80. The maximum absolute atomic E-state index is 12.5. The Bertz CT molecular complexity index is 884. The highest BCUT2D eigenvalue weighted by Gasteiger charge is 2.20. The lowest BCUT2D eigenvalue weighted by atomic mass is 10.1. The van der Waals surface area contributed by atoms with Crippen molar-refractivity contribution in [1.29, 1.82) is 0 Å². The Labute approximate surface area is 141 Å². The molecule has 3 rings (SSSR count). The fourth-order valence-corrected chi connectivity index (χ4v) is 2.70. The number of imidazole rings is 1. The number of carbonyl (C=O) groups excluding carboxylic acids is 1. The first-order valence-corrected chi connectivity index (χ1v) is 8.05. The molecule has 1 amide bonds. The number of benzene rings is 1. The molecule has 1 atom stereocenters. The van der Waals surface area contributed by atoms with Gasteiger partial charge in [-0.25, -0.2) is 4.98 Å². The topological polar surface area (TPSA) is 64.7 Å². The number of aryl methyl sites for hydroxylation is 1. The normalized spacial score (nSPS) is 13.2. The van der Waals surface area contributed by atoms with Gasteiger partial charge in [0.05, 0.1) is 34.4 Å². The van der Waals surface area contributed by atoms with Crippen LogP contribution in [-0.2, 0) is 12.6 Å². The Hall–Kier alpha value is -2.63. The number of carbonyl (C=O) groups is 1. The second-order valence-electron chi connectivity index (χ2n) is 7.06. The number of fused-ring (bicyclic) bond motifs is 1. The Morgan fingerprint density at radius 3 is 2.58 bits per heavy atom. The van der Waals surface area contributed by atoms with Crippen LogP contribution in [0.15, 0.2) is 36.7 Å². The summed E-state index contributed by atoms with van der Waals surface area (Å²) in [5.74, 6) is 0.679. The van der Waals surface area contributed by atoms with Gasteiger partial charge >= 0.3 is 0 Å². The molecule has 2 heterocycles. The molecule has 0 spiro atoms. The molecule has 1 aromatic carbocycles. The van der Waals surface area contributed by atoms with Crippen molar-refractivity contribution in [3.05, 3.63) is 48.0 Å². The minimum Gasteiger partial charge on any atom is -0.342 e. The van der Waals surface area contributed by atoms with Crippen LogP contribution >= 0.6 is 0 Å². The summed E-state index contributed by atoms with van der Waals surface area (Å²) in [6.45, 7) is 8.07. The molecule has 0 fully saturated rings. The fourth-order valence-electron chi connectivity index (χ4n) is 2.70. The van der Waals surface area contributed by atoms with Crippen LogP contribution in [0.2, 0.25) is 0 Å². The number of aromatic nitrogens is 4. The third-order valence-corrected chi connectivity index (χ3v) is 4.09. The van der Waals surface area contributed by atoms with E-state index in [1.165, 1.54) is 0 Å². The third kappa shape index (κ3) is 2.91. The highest BCUT2D eigenvalue weighted by molar-refractivity contribution is 5.94. The molecule has 6 nitrogen and oxygen atoms in total. The van der Waals surface area contributed by atoms with Gasteiger partial charge in [-0.2, -0.15) is 5.10 Å². The molecule has 24 heavy (non-hydrogen) atoms. The van der Waals surface area contributed by atoms with Crippen molar-refractivity contribution in [3.8, 4) is 0 Å². The Morgan fingerprint density at radius 1 is 1.25 bits per heavy atom. The molecule has 0 bridgehead atoms. The third-order valence-electron chi connectivity index (χ3n) is 4.09. The first-order chi connectivity index (χ1) is 11.3. The predicted molar refractivity (Wildman–Crippen MR) is 93.8 cm³/mol. The van der Waals surface area contributed by atoms with Gasteiger partial charge < -0.3 is 9.88 Å². The lowest BCUT2D eigenvalue weighted by Gasteiger charge is -2.18. The van der Waals surface area contributed by atoms with Crippen molar-refractivity contribution in [1.82, 2.24) is 24.6 Å². The van der Waals surface area contributed by atoms with Crippen LogP contribution in [0.4, 0.5) is 0 Å². The van der Waals surface area contributed by atoms with Gasteiger partial charge in [-0.05, 0) is 39.8 Å². The Morgan fingerprint density at radius 2 is 1.96 bits per heavy atom. The van der Waals surface area contributed by atoms with E-state index in [4.69, 9.17) is 0 Å². The largest absolute Gasteiger partial charge is 0.342 e. The number of nitrogens with zero attached hydrogens (tertiary/aromatic N) is 4. The number of hydrogen-bond acceptors (Lipinski definition) is 3. The molecule has 1 N–H and O–H groups in total. The van der Waals surface area contributed by atoms with Gasteiger partial charge in [-0.1, -0.05) is 12.1 Å². The fraction of sp³-hybridized carbons (Fsp3) is 0.389. The van der Waals surface area contributed by atoms with Crippen LogP contribution in [0.25, 0.3) is 11.0 Å². The zero-order valence-corrected chi connectivity index (χ0v) is 14.7. The molecule has 0 aliphatic carbocycles. The molecule has 6 heteroatoms. The number of para-hydroxylation sites is 2. The van der Waals surface area contributed by atoms with Gasteiger partial charge in [-0.15, -0.1) is 0 Å². The zero-order valence-electron chi connectivity index (χ0n) is 14.7. The molecule has 0 aliphatic heterocycles. The van der Waals surface area contributed by atoms with E-state index < -0.39 is 0 Å². The minimum atomic E-state index is -0.201. The minimum absolute atomic E-state index is 0.148. The maximum Gasteiger partial charge on any atom is 0.255 e. The lowest BCUT2D eigenvalue weighted by Crippen LogP contribution is -2.28. The van der Waals surface area contributed by atoms with Crippen LogP contribution in [0.3, 0.4) is 0 Å². The average Bonchev–Trinajstić information content (AvgIpc) is 3.13. The predicted octanol–water partition coefficient (Wildman–Crippen LogP) is 3.02. The monoisotopic (exact) mass is 325 g/mol. The summed E-state index contributed by atoms with van der Waals surface area (Å²) in [7, 11) is 1.96. The highest BCUT2D eigenvalue weighted by Crippen LogP contribution is 2.20. The van der Waals surface area contributed by atoms with E-state index in [9.17, 15) is 4.79 Å². The van der Waals surface area contributed by atoms with Crippen molar-refractivity contribution in [2.75, 3.05) is 0 Å². The second kappa shape index (κ2) is 5.78. The molecule has 126 valence electrons. The summed E-state index contributed by atoms with van der Waals surface area (Å²) in [6, 6.07) is 7.74.